The molecule has 0 saturated carbocycles. The predicted molar refractivity (Wildman–Crippen MR) is 44.6 cm³/mol. The first-order valence-electron chi connectivity index (χ1n) is 3.14. The highest BCUT2D eigenvalue weighted by molar-refractivity contribution is 7.93. The minimum absolute atomic E-state index is 0.182. The fraction of sp³-hybridized carbons (Fsp3) is 1.00. The Kier molecular flexibility index (Phi) is 5.17. The van der Waals surface area contributed by atoms with Crippen molar-refractivity contribution in [1.82, 2.24) is 0 Å². The number of hydrogen-bond acceptors (Lipinski definition) is 2. The Morgan fingerprint density at radius 2 is 2.18 bits per heavy atom. The average molecular weight is 176 g/mol. The molecule has 0 bridgehead atoms. The summed E-state index contributed by atoms with van der Waals surface area (Å²) in [4.78, 5) is 0. The Labute approximate surface area is 72.0 Å². The number of halogens is 2. The Morgan fingerprint density at radius 3 is 2.55 bits per heavy atom. The number of hydrogen-bond donors (Lipinski definition) is 1. The summed E-state index contributed by atoms with van der Waals surface area (Å²) in [5.74, 6) is 0.329. The molecule has 0 saturated heterocycles. The Hall–Kier alpha value is 0.300. The summed E-state index contributed by atoms with van der Waals surface area (Å²) in [7, 11) is 9.46. The summed E-state index contributed by atoms with van der Waals surface area (Å²) in [6.45, 7) is 0. The second-order valence-electron chi connectivity index (χ2n) is 2.27. The van der Waals surface area contributed by atoms with E-state index in [1.165, 1.54) is 0 Å². The molecule has 0 amide bonds. The van der Waals surface area contributed by atoms with Gasteiger partial charge in [-0.15, -0.1) is 0 Å². The summed E-state index contributed by atoms with van der Waals surface area (Å²) in [5.41, 5.74) is -2.46. The van der Waals surface area contributed by atoms with E-state index in [0.717, 1.165) is 0 Å². The molecule has 0 rings (SSSR count). The molecule has 0 aromatic carbocycles. The quantitative estimate of drug-likeness (QED) is 0.386. The van der Waals surface area contributed by atoms with E-state index in [9.17, 15) is 8.78 Å². The molecule has 60 valence electrons. The van der Waals surface area contributed by atoms with Crippen LogP contribution in [-0.4, -0.2) is 37.6 Å². The first-order chi connectivity index (χ1) is 5.00. The predicted octanol–water partition coefficient (Wildman–Crippen LogP) is 1.27. The van der Waals surface area contributed by atoms with Crippen LogP contribution in [0.25, 0.3) is 0 Å². The molecule has 0 heterocycles. The van der Waals surface area contributed by atoms with Crippen LogP contribution in [0.4, 0.5) is 8.78 Å². The standard InChI is InChI=1S/C5H8B2F2OS/c6-4(8)5(7,9)2-1-3-11-10/h4,10H,1-3H2. The normalized spacial score (nSPS) is 19.2. The first-order valence-corrected chi connectivity index (χ1v) is 4.09. The lowest BCUT2D eigenvalue weighted by Gasteiger charge is -2.22. The molecule has 11 heavy (non-hydrogen) atoms. The van der Waals surface area contributed by atoms with Crippen LogP contribution < -0.4 is 0 Å². The zero-order valence-electron chi connectivity index (χ0n) is 5.96. The van der Waals surface area contributed by atoms with Gasteiger partial charge in [0, 0.05) is 5.75 Å². The van der Waals surface area contributed by atoms with E-state index in [1.807, 2.05) is 0 Å². The van der Waals surface area contributed by atoms with Crippen LogP contribution in [0.2, 0.25) is 0 Å². The fourth-order valence-corrected chi connectivity index (χ4v) is 0.819. The highest BCUT2D eigenvalue weighted by Gasteiger charge is 2.28. The Balaban J connectivity index is 3.55. The number of alkyl halides is 2. The van der Waals surface area contributed by atoms with Crippen molar-refractivity contribution in [3.05, 3.63) is 0 Å². The molecule has 0 aliphatic rings. The molecule has 0 aromatic rings. The molecular formula is C5H8B2F2OS. The highest BCUT2D eigenvalue weighted by Crippen LogP contribution is 2.20. The van der Waals surface area contributed by atoms with Crippen LogP contribution in [0.3, 0.4) is 0 Å². The van der Waals surface area contributed by atoms with E-state index in [2.05, 4.69) is 7.85 Å². The molecular weight excluding hydrogens is 168 g/mol. The van der Waals surface area contributed by atoms with Crippen molar-refractivity contribution in [3.8, 4) is 0 Å². The smallest absolute Gasteiger partial charge is 0.124 e. The third kappa shape index (κ3) is 4.69. The lowest BCUT2D eigenvalue weighted by atomic mass is 9.69. The molecule has 0 aliphatic heterocycles. The molecule has 2 unspecified atom stereocenters. The summed E-state index contributed by atoms with van der Waals surface area (Å²) >= 11 is 0.569. The van der Waals surface area contributed by atoms with Crippen LogP contribution in [0.5, 0.6) is 0 Å². The third-order valence-corrected chi connectivity index (χ3v) is 1.73. The number of rotatable bonds is 5. The lowest BCUT2D eigenvalue weighted by Crippen LogP contribution is -2.35. The maximum absolute atomic E-state index is 12.7. The molecule has 0 fully saturated rings. The minimum Gasteiger partial charge on any atom is -0.330 e. The molecule has 1 nitrogen and oxygen atoms in total. The van der Waals surface area contributed by atoms with Gasteiger partial charge in [0.2, 0.25) is 0 Å². The van der Waals surface area contributed by atoms with E-state index >= 15 is 0 Å². The maximum Gasteiger partial charge on any atom is 0.124 e. The van der Waals surface area contributed by atoms with Gasteiger partial charge in [-0.05, 0) is 24.9 Å². The van der Waals surface area contributed by atoms with E-state index in [4.69, 9.17) is 12.4 Å². The van der Waals surface area contributed by atoms with E-state index in [1.54, 1.807) is 0 Å². The van der Waals surface area contributed by atoms with Crippen molar-refractivity contribution in [1.29, 1.82) is 0 Å². The van der Waals surface area contributed by atoms with Gasteiger partial charge in [-0.2, -0.15) is 0 Å². The molecule has 0 spiro atoms. The van der Waals surface area contributed by atoms with E-state index in [0.29, 0.717) is 24.2 Å². The summed E-state index contributed by atoms with van der Waals surface area (Å²) in [6, 6.07) is 0. The molecule has 1 N–H and O–H groups in total. The largest absolute Gasteiger partial charge is 0.330 e. The Morgan fingerprint density at radius 1 is 1.64 bits per heavy atom. The average Bonchev–Trinajstić information content (AvgIpc) is 1.88. The van der Waals surface area contributed by atoms with Gasteiger partial charge < -0.3 is 4.55 Å². The summed E-state index contributed by atoms with van der Waals surface area (Å²) in [5, 5.41) is 0. The van der Waals surface area contributed by atoms with Crippen LogP contribution in [0.15, 0.2) is 0 Å². The lowest BCUT2D eigenvalue weighted by molar-refractivity contribution is 0.172. The molecule has 4 radical (unpaired) electrons. The van der Waals surface area contributed by atoms with Gasteiger partial charge in [0.05, 0.1) is 11.6 Å². The second kappa shape index (κ2) is 5.04. The van der Waals surface area contributed by atoms with Crippen molar-refractivity contribution in [3.63, 3.8) is 0 Å². The SMILES string of the molecule is [B]C(F)C([B])(F)CCCSO. The van der Waals surface area contributed by atoms with Gasteiger partial charge in [0.15, 0.2) is 0 Å². The fourth-order valence-electron chi connectivity index (χ4n) is 0.546. The van der Waals surface area contributed by atoms with Crippen LogP contribution >= 0.6 is 12.0 Å². The van der Waals surface area contributed by atoms with Gasteiger partial charge in [-0.1, -0.05) is 0 Å². The van der Waals surface area contributed by atoms with Gasteiger partial charge in [0.25, 0.3) is 0 Å². The van der Waals surface area contributed by atoms with E-state index < -0.39 is 11.6 Å². The molecule has 0 aliphatic carbocycles. The van der Waals surface area contributed by atoms with Gasteiger partial charge in [-0.3, -0.25) is 8.78 Å². The monoisotopic (exact) mass is 176 g/mol. The summed E-state index contributed by atoms with van der Waals surface area (Å²) < 4.78 is 33.1. The van der Waals surface area contributed by atoms with Crippen molar-refractivity contribution in [2.24, 2.45) is 0 Å². The highest BCUT2D eigenvalue weighted by atomic mass is 32.2. The van der Waals surface area contributed by atoms with Crippen LogP contribution in [-0.2, 0) is 0 Å². The molecule has 6 heteroatoms. The zero-order valence-corrected chi connectivity index (χ0v) is 6.78. The maximum atomic E-state index is 12.7. The topological polar surface area (TPSA) is 20.2 Å². The van der Waals surface area contributed by atoms with Crippen molar-refractivity contribution in [2.45, 2.75) is 24.5 Å². The molecule has 0 aromatic heterocycles. The van der Waals surface area contributed by atoms with Gasteiger partial charge in [-0.25, -0.2) is 0 Å². The van der Waals surface area contributed by atoms with Crippen LogP contribution in [0, 0.1) is 0 Å². The first kappa shape index (κ1) is 11.3. The van der Waals surface area contributed by atoms with Crippen LogP contribution in [0.1, 0.15) is 12.8 Å². The van der Waals surface area contributed by atoms with Crippen molar-refractivity contribution in [2.75, 3.05) is 5.75 Å². The minimum atomic E-state index is -2.46. The molecule has 2 atom stereocenters. The Bertz CT molecular complexity index is 113. The van der Waals surface area contributed by atoms with Crippen molar-refractivity contribution >= 4 is 27.7 Å². The summed E-state index contributed by atoms with van der Waals surface area (Å²) in [6.07, 6.45) is -2.05. The zero-order chi connectivity index (χ0) is 8.91. The van der Waals surface area contributed by atoms with Gasteiger partial charge >= 0.3 is 0 Å². The van der Waals surface area contributed by atoms with E-state index in [-0.39, 0.29) is 6.42 Å². The van der Waals surface area contributed by atoms with Crippen molar-refractivity contribution < 1.29 is 13.3 Å². The van der Waals surface area contributed by atoms with Gasteiger partial charge in [0.1, 0.15) is 15.7 Å². The third-order valence-electron chi connectivity index (χ3n) is 1.25. The second-order valence-corrected chi connectivity index (χ2v) is 2.93.